The summed E-state index contributed by atoms with van der Waals surface area (Å²) in [5.74, 6) is 0. The number of amides is 1. The average Bonchev–Trinajstić information content (AvgIpc) is 1.98. The maximum atomic E-state index is 9.92. The van der Waals surface area contributed by atoms with Gasteiger partial charge in [0.1, 0.15) is 0 Å². The van der Waals surface area contributed by atoms with Crippen molar-refractivity contribution in [1.82, 2.24) is 3.93 Å². The van der Waals surface area contributed by atoms with Crippen molar-refractivity contribution in [3.63, 3.8) is 0 Å². The zero-order chi connectivity index (χ0) is 7.82. The third-order valence-corrected chi connectivity index (χ3v) is 1.81. The zero-order valence-electron chi connectivity index (χ0n) is 6.27. The fraction of sp³-hybridized carbons (Fsp3) is 0.857. The summed E-state index contributed by atoms with van der Waals surface area (Å²) in [6, 6.07) is 0. The minimum atomic E-state index is 0.767. The highest BCUT2D eigenvalue weighted by Gasteiger charge is 1.94. The van der Waals surface area contributed by atoms with Crippen molar-refractivity contribution in [2.24, 2.45) is 0 Å². The SMILES string of the molecule is CCCCCCN(Br)[C]=O. The van der Waals surface area contributed by atoms with Crippen LogP contribution in [0.2, 0.25) is 0 Å². The molecule has 0 N–H and O–H groups in total. The molecule has 3 heteroatoms. The number of halogens is 1. The summed E-state index contributed by atoms with van der Waals surface area (Å²) < 4.78 is 1.38. The maximum Gasteiger partial charge on any atom is 0.322 e. The number of hydrogen-bond acceptors (Lipinski definition) is 1. The Morgan fingerprint density at radius 2 is 2.10 bits per heavy atom. The molecular formula is C7H13BrNO. The molecule has 0 atom stereocenters. The van der Waals surface area contributed by atoms with Crippen LogP contribution in [0.1, 0.15) is 32.6 Å². The second-order valence-electron chi connectivity index (χ2n) is 2.24. The van der Waals surface area contributed by atoms with E-state index < -0.39 is 0 Å². The minimum absolute atomic E-state index is 0.767. The van der Waals surface area contributed by atoms with Gasteiger partial charge in [-0.25, -0.2) is 0 Å². The van der Waals surface area contributed by atoms with E-state index in [1.54, 1.807) is 6.41 Å². The van der Waals surface area contributed by atoms with Crippen LogP contribution in [-0.4, -0.2) is 16.9 Å². The lowest BCUT2D eigenvalue weighted by Gasteiger charge is -2.04. The van der Waals surface area contributed by atoms with Gasteiger partial charge in [-0.05, 0) is 6.42 Å². The summed E-state index contributed by atoms with van der Waals surface area (Å²) in [6.07, 6.45) is 6.48. The molecule has 0 aromatic heterocycles. The van der Waals surface area contributed by atoms with Crippen molar-refractivity contribution in [3.05, 3.63) is 0 Å². The monoisotopic (exact) mass is 206 g/mol. The lowest BCUT2D eigenvalue weighted by molar-refractivity contribution is 0.496. The van der Waals surface area contributed by atoms with Gasteiger partial charge in [0.2, 0.25) is 0 Å². The van der Waals surface area contributed by atoms with Crippen LogP contribution in [0.25, 0.3) is 0 Å². The molecule has 59 valence electrons. The standard InChI is InChI=1S/C7H13BrNO/c1-2-3-4-5-6-9(8)7-10/h2-6H2,1H3. The van der Waals surface area contributed by atoms with Crippen LogP contribution in [0, 0.1) is 0 Å². The second-order valence-corrected chi connectivity index (χ2v) is 3.09. The molecule has 0 aliphatic carbocycles. The fourth-order valence-corrected chi connectivity index (χ4v) is 0.974. The van der Waals surface area contributed by atoms with Crippen LogP contribution < -0.4 is 0 Å². The summed E-state index contributed by atoms with van der Waals surface area (Å²) in [4.78, 5) is 9.92. The molecule has 1 amide bonds. The van der Waals surface area contributed by atoms with Crippen LogP contribution in [-0.2, 0) is 4.79 Å². The Balaban J connectivity index is 2.95. The highest BCUT2D eigenvalue weighted by atomic mass is 79.9. The maximum absolute atomic E-state index is 9.92. The third kappa shape index (κ3) is 6.08. The average molecular weight is 207 g/mol. The quantitative estimate of drug-likeness (QED) is 0.371. The van der Waals surface area contributed by atoms with Gasteiger partial charge >= 0.3 is 6.41 Å². The van der Waals surface area contributed by atoms with Crippen molar-refractivity contribution >= 4 is 22.6 Å². The van der Waals surface area contributed by atoms with Gasteiger partial charge in [0.05, 0.1) is 16.1 Å². The molecule has 0 saturated carbocycles. The highest BCUT2D eigenvalue weighted by molar-refractivity contribution is 9.07. The first kappa shape index (κ1) is 9.95. The van der Waals surface area contributed by atoms with Crippen LogP contribution in [0.15, 0.2) is 0 Å². The first-order valence-electron chi connectivity index (χ1n) is 3.62. The van der Waals surface area contributed by atoms with Crippen molar-refractivity contribution in [2.45, 2.75) is 32.6 Å². The zero-order valence-corrected chi connectivity index (χ0v) is 7.85. The molecule has 0 heterocycles. The molecule has 0 aliphatic heterocycles. The molecule has 0 aromatic carbocycles. The summed E-state index contributed by atoms with van der Waals surface area (Å²) in [5, 5.41) is 0. The van der Waals surface area contributed by atoms with E-state index >= 15 is 0 Å². The van der Waals surface area contributed by atoms with E-state index in [2.05, 4.69) is 23.1 Å². The Bertz CT molecular complexity index is 87.7. The van der Waals surface area contributed by atoms with E-state index in [-0.39, 0.29) is 0 Å². The van der Waals surface area contributed by atoms with Crippen LogP contribution in [0.3, 0.4) is 0 Å². The van der Waals surface area contributed by atoms with E-state index in [0.29, 0.717) is 0 Å². The number of unbranched alkanes of at least 4 members (excludes halogenated alkanes) is 3. The van der Waals surface area contributed by atoms with E-state index in [1.165, 1.54) is 23.2 Å². The van der Waals surface area contributed by atoms with Gasteiger partial charge in [0.15, 0.2) is 0 Å². The lowest BCUT2D eigenvalue weighted by Crippen LogP contribution is -2.09. The van der Waals surface area contributed by atoms with Crippen molar-refractivity contribution in [2.75, 3.05) is 6.54 Å². The summed E-state index contributed by atoms with van der Waals surface area (Å²) in [6.45, 7) is 2.93. The normalized spacial score (nSPS) is 9.40. The van der Waals surface area contributed by atoms with E-state index in [1.807, 2.05) is 0 Å². The summed E-state index contributed by atoms with van der Waals surface area (Å²) in [5.41, 5.74) is 0. The van der Waals surface area contributed by atoms with E-state index in [4.69, 9.17) is 0 Å². The van der Waals surface area contributed by atoms with Crippen LogP contribution in [0.4, 0.5) is 0 Å². The molecule has 0 spiro atoms. The number of nitrogens with zero attached hydrogens (tertiary/aromatic N) is 1. The van der Waals surface area contributed by atoms with Gasteiger partial charge in [-0.3, -0.25) is 8.72 Å². The lowest BCUT2D eigenvalue weighted by atomic mass is 10.2. The predicted molar refractivity (Wildman–Crippen MR) is 45.5 cm³/mol. The Hall–Kier alpha value is -0.0500. The largest absolute Gasteiger partial charge is 0.322 e. The molecular weight excluding hydrogens is 194 g/mol. The van der Waals surface area contributed by atoms with Crippen LogP contribution >= 0.6 is 16.1 Å². The molecule has 0 bridgehead atoms. The summed E-state index contributed by atoms with van der Waals surface area (Å²) >= 11 is 3.04. The molecule has 0 aromatic rings. The third-order valence-electron chi connectivity index (χ3n) is 1.31. The highest BCUT2D eigenvalue weighted by Crippen LogP contribution is 2.02. The van der Waals surface area contributed by atoms with Gasteiger partial charge in [0, 0.05) is 6.54 Å². The predicted octanol–water partition coefficient (Wildman–Crippen LogP) is 2.25. The van der Waals surface area contributed by atoms with Gasteiger partial charge in [-0.1, -0.05) is 26.2 Å². The molecule has 1 radical (unpaired) electrons. The molecule has 0 fully saturated rings. The first-order valence-corrected chi connectivity index (χ1v) is 4.33. The first-order chi connectivity index (χ1) is 4.81. The number of carbonyl (C=O) groups excluding carboxylic acids is 1. The molecule has 10 heavy (non-hydrogen) atoms. The smallest absolute Gasteiger partial charge is 0.271 e. The van der Waals surface area contributed by atoms with Crippen molar-refractivity contribution in [1.29, 1.82) is 0 Å². The topological polar surface area (TPSA) is 20.3 Å². The molecule has 0 aliphatic rings. The number of hydrogen-bond donors (Lipinski definition) is 0. The van der Waals surface area contributed by atoms with Gasteiger partial charge in [0.25, 0.3) is 0 Å². The Morgan fingerprint density at radius 1 is 1.40 bits per heavy atom. The second kappa shape index (κ2) is 7.06. The van der Waals surface area contributed by atoms with Crippen molar-refractivity contribution in [3.8, 4) is 0 Å². The Kier molecular flexibility index (Phi) is 7.03. The fourth-order valence-electron chi connectivity index (χ4n) is 0.723. The number of rotatable bonds is 6. The Labute approximate surface area is 70.9 Å². The Morgan fingerprint density at radius 3 is 2.60 bits per heavy atom. The minimum Gasteiger partial charge on any atom is -0.271 e. The molecule has 2 nitrogen and oxygen atoms in total. The van der Waals surface area contributed by atoms with Gasteiger partial charge in [-0.15, -0.1) is 0 Å². The molecule has 0 unspecified atom stereocenters. The van der Waals surface area contributed by atoms with E-state index in [9.17, 15) is 4.79 Å². The molecule has 0 rings (SSSR count). The van der Waals surface area contributed by atoms with Gasteiger partial charge < -0.3 is 0 Å². The van der Waals surface area contributed by atoms with Gasteiger partial charge in [-0.2, -0.15) is 0 Å². The molecule has 0 saturated heterocycles. The van der Waals surface area contributed by atoms with Crippen molar-refractivity contribution < 1.29 is 4.79 Å². The summed E-state index contributed by atoms with van der Waals surface area (Å²) in [7, 11) is 0. The van der Waals surface area contributed by atoms with E-state index in [0.717, 1.165) is 13.0 Å². The van der Waals surface area contributed by atoms with Crippen LogP contribution in [0.5, 0.6) is 0 Å².